The van der Waals surface area contributed by atoms with E-state index in [1.54, 1.807) is 33.7 Å². The monoisotopic (exact) mass is 611 g/mol. The van der Waals surface area contributed by atoms with Crippen LogP contribution >= 0.6 is 11.8 Å². The molecule has 1 aromatic carbocycles. The summed E-state index contributed by atoms with van der Waals surface area (Å²) in [5.74, 6) is -2.08. The number of nitrogens with zero attached hydrogens (tertiary/aromatic N) is 3. The lowest BCUT2D eigenvalue weighted by Crippen LogP contribution is -2.58. The molecule has 7 atom stereocenters. The van der Waals surface area contributed by atoms with Gasteiger partial charge in [0.15, 0.2) is 0 Å². The fraction of sp³-hybridized carbons (Fsp3) is 0.606. The quantitative estimate of drug-likeness (QED) is 0.195. The fourth-order valence-electron chi connectivity index (χ4n) is 7.58. The van der Waals surface area contributed by atoms with E-state index < -0.39 is 28.7 Å². The number of likely N-dealkylation sites (tertiary alicyclic amines) is 1. The molecule has 5 rings (SSSR count). The normalized spacial score (nSPS) is 30.6. The smallest absolute Gasteiger partial charge is 0.310 e. The first-order valence-electron chi connectivity index (χ1n) is 15.5. The largest absolute Gasteiger partial charge is 0.465 e. The van der Waals surface area contributed by atoms with Crippen LogP contribution in [0.3, 0.4) is 0 Å². The third-order valence-electron chi connectivity index (χ3n) is 9.63. The van der Waals surface area contributed by atoms with Gasteiger partial charge in [-0.2, -0.15) is 0 Å². The van der Waals surface area contributed by atoms with Gasteiger partial charge in [0, 0.05) is 38.0 Å². The van der Waals surface area contributed by atoms with Crippen molar-refractivity contribution in [2.24, 2.45) is 17.8 Å². The van der Waals surface area contributed by atoms with Crippen LogP contribution in [0.1, 0.15) is 37.8 Å². The van der Waals surface area contributed by atoms with Crippen LogP contribution in [0.4, 0.5) is 0 Å². The number of aliphatic hydroxyl groups excluding tert-OH is 1. The second-order valence-corrected chi connectivity index (χ2v) is 13.6. The van der Waals surface area contributed by atoms with Gasteiger partial charge in [-0.15, -0.1) is 24.9 Å². The Labute approximate surface area is 259 Å². The number of carbonyl (C=O) groups excluding carboxylic acids is 3. The van der Waals surface area contributed by atoms with Crippen LogP contribution in [0.15, 0.2) is 55.6 Å². The Morgan fingerprint density at radius 2 is 1.98 bits per heavy atom. The minimum atomic E-state index is -0.837. The summed E-state index contributed by atoms with van der Waals surface area (Å²) in [6.45, 7) is 14.2. The standard InChI is InChI=1S/C33H45N3O6S/c1-4-6-10-18-42-32(40)27-26-21-23(3)33(43-26)28(27)30(38)36(25(22-37)24-11-8-7-9-12-24)29(33)31(39)35(13-5-2)15-14-34-16-19-41-20-17-34/h4-5,7-9,11-12,23,25-29,37H,1-2,6,10,13-22H2,3H3/t23?,25-,26-,27+,28+,29?,33?/m1/s1. The van der Waals surface area contributed by atoms with Gasteiger partial charge < -0.3 is 24.4 Å². The maximum Gasteiger partial charge on any atom is 0.310 e. The highest BCUT2D eigenvalue weighted by Crippen LogP contribution is 2.69. The van der Waals surface area contributed by atoms with Gasteiger partial charge in [-0.25, -0.2) is 0 Å². The Kier molecular flexibility index (Phi) is 10.3. The van der Waals surface area contributed by atoms with Crippen LogP contribution in [0.25, 0.3) is 0 Å². The molecule has 2 amide bonds. The van der Waals surface area contributed by atoms with Gasteiger partial charge in [-0.05, 0) is 30.7 Å². The van der Waals surface area contributed by atoms with Crippen molar-refractivity contribution in [3.05, 3.63) is 61.2 Å². The Morgan fingerprint density at radius 3 is 2.65 bits per heavy atom. The molecule has 9 nitrogen and oxygen atoms in total. The fourth-order valence-corrected chi connectivity index (χ4v) is 9.97. The van der Waals surface area contributed by atoms with E-state index in [0.29, 0.717) is 39.3 Å². The van der Waals surface area contributed by atoms with Gasteiger partial charge >= 0.3 is 5.97 Å². The van der Waals surface area contributed by atoms with Crippen molar-refractivity contribution in [1.29, 1.82) is 0 Å². The molecule has 0 aromatic heterocycles. The first-order chi connectivity index (χ1) is 20.9. The number of hydrogen-bond donors (Lipinski definition) is 1. The first-order valence-corrected chi connectivity index (χ1v) is 16.4. The van der Waals surface area contributed by atoms with Crippen molar-refractivity contribution in [3.63, 3.8) is 0 Å². The number of unbranched alkanes of at least 4 members (excludes halogenated alkanes) is 1. The van der Waals surface area contributed by atoms with Crippen LogP contribution < -0.4 is 0 Å². The van der Waals surface area contributed by atoms with E-state index in [9.17, 15) is 19.5 Å². The summed E-state index contributed by atoms with van der Waals surface area (Å²) in [6, 6.07) is 7.82. The zero-order valence-electron chi connectivity index (χ0n) is 25.1. The topological polar surface area (TPSA) is 99.6 Å². The molecular weight excluding hydrogens is 566 g/mol. The molecule has 43 heavy (non-hydrogen) atoms. The summed E-state index contributed by atoms with van der Waals surface area (Å²) in [5, 5.41) is 10.7. The maximum atomic E-state index is 14.8. The molecule has 4 aliphatic rings. The SMILES string of the molecule is C=CCCCOC(=O)[C@@H]1[C@H]2C(=O)N([C@H](CO)c3ccccc3)C(C(=O)N(CC=C)CCN3CCOCC3)C23S[C@@H]1CC3C. The number of morpholine rings is 1. The number of benzene rings is 1. The number of esters is 1. The predicted molar refractivity (Wildman–Crippen MR) is 166 cm³/mol. The van der Waals surface area contributed by atoms with E-state index >= 15 is 0 Å². The summed E-state index contributed by atoms with van der Waals surface area (Å²) in [6.07, 6.45) is 5.65. The van der Waals surface area contributed by atoms with Gasteiger partial charge in [0.2, 0.25) is 11.8 Å². The Morgan fingerprint density at radius 1 is 1.23 bits per heavy atom. The van der Waals surface area contributed by atoms with Gasteiger partial charge in [-0.3, -0.25) is 19.3 Å². The number of ether oxygens (including phenoxy) is 2. The Bertz CT molecular complexity index is 1180. The molecule has 4 heterocycles. The summed E-state index contributed by atoms with van der Waals surface area (Å²) >= 11 is 1.63. The van der Waals surface area contributed by atoms with Crippen LogP contribution in [-0.4, -0.2) is 113 Å². The molecule has 1 spiro atoms. The zero-order chi connectivity index (χ0) is 30.6. The number of rotatable bonds is 14. The van der Waals surface area contributed by atoms with Crippen molar-refractivity contribution in [2.45, 2.75) is 48.3 Å². The molecule has 4 fully saturated rings. The summed E-state index contributed by atoms with van der Waals surface area (Å²) in [4.78, 5) is 48.8. The molecule has 10 heteroatoms. The highest BCUT2D eigenvalue weighted by atomic mass is 32.2. The minimum absolute atomic E-state index is 0.0140. The molecule has 0 radical (unpaired) electrons. The number of allylic oxidation sites excluding steroid dienone is 1. The summed E-state index contributed by atoms with van der Waals surface area (Å²) in [5.41, 5.74) is 0.756. The minimum Gasteiger partial charge on any atom is -0.465 e. The van der Waals surface area contributed by atoms with Crippen molar-refractivity contribution in [2.75, 3.05) is 59.2 Å². The van der Waals surface area contributed by atoms with Gasteiger partial charge in [0.25, 0.3) is 0 Å². The summed E-state index contributed by atoms with van der Waals surface area (Å²) < 4.78 is 10.4. The molecular formula is C33H45N3O6S. The average molecular weight is 612 g/mol. The molecule has 1 N–H and O–H groups in total. The molecule has 2 bridgehead atoms. The lowest BCUT2D eigenvalue weighted by Gasteiger charge is -2.42. The molecule has 4 saturated heterocycles. The van der Waals surface area contributed by atoms with Gasteiger partial charge in [-0.1, -0.05) is 49.4 Å². The molecule has 0 saturated carbocycles. The zero-order valence-corrected chi connectivity index (χ0v) is 26.0. The van der Waals surface area contributed by atoms with E-state index in [1.165, 1.54) is 0 Å². The second kappa shape index (κ2) is 14.0. The Balaban J connectivity index is 1.51. The van der Waals surface area contributed by atoms with Crippen molar-refractivity contribution < 1.29 is 29.0 Å². The highest BCUT2D eigenvalue weighted by molar-refractivity contribution is 8.02. The molecule has 1 aromatic rings. The molecule has 234 valence electrons. The van der Waals surface area contributed by atoms with E-state index in [4.69, 9.17) is 9.47 Å². The van der Waals surface area contributed by atoms with Gasteiger partial charge in [0.1, 0.15) is 6.04 Å². The predicted octanol–water partition coefficient (Wildman–Crippen LogP) is 2.91. The number of carbonyl (C=O) groups is 3. The highest BCUT2D eigenvalue weighted by Gasteiger charge is 2.77. The maximum absolute atomic E-state index is 14.8. The molecule has 4 aliphatic heterocycles. The number of aliphatic hydroxyl groups is 1. The number of fused-ring (bicyclic) bond motifs is 1. The van der Waals surface area contributed by atoms with E-state index in [2.05, 4.69) is 25.0 Å². The molecule has 0 aliphatic carbocycles. The van der Waals surface area contributed by atoms with Crippen molar-refractivity contribution in [1.82, 2.24) is 14.7 Å². The third kappa shape index (κ3) is 5.91. The van der Waals surface area contributed by atoms with E-state index in [0.717, 1.165) is 31.5 Å². The number of hydrogen-bond acceptors (Lipinski definition) is 8. The van der Waals surface area contributed by atoms with Crippen molar-refractivity contribution in [3.8, 4) is 0 Å². The Hall–Kier alpha value is -2.66. The average Bonchev–Trinajstić information content (AvgIpc) is 3.62. The van der Waals surface area contributed by atoms with Crippen molar-refractivity contribution >= 4 is 29.5 Å². The van der Waals surface area contributed by atoms with E-state index in [-0.39, 0.29) is 42.2 Å². The first kappa shape index (κ1) is 31.8. The van der Waals surface area contributed by atoms with Crippen LogP contribution in [0, 0.1) is 17.8 Å². The second-order valence-electron chi connectivity index (χ2n) is 12.0. The number of amides is 2. The van der Waals surface area contributed by atoms with Crippen LogP contribution in [0.5, 0.6) is 0 Å². The van der Waals surface area contributed by atoms with Crippen LogP contribution in [-0.2, 0) is 23.9 Å². The lowest BCUT2D eigenvalue weighted by molar-refractivity contribution is -0.155. The van der Waals surface area contributed by atoms with Crippen LogP contribution in [0.2, 0.25) is 0 Å². The van der Waals surface area contributed by atoms with Gasteiger partial charge in [0.05, 0.1) is 49.1 Å². The lowest BCUT2D eigenvalue weighted by atomic mass is 9.66. The van der Waals surface area contributed by atoms with E-state index in [1.807, 2.05) is 30.3 Å². The third-order valence-corrected chi connectivity index (χ3v) is 11.7. The number of thioether (sulfide) groups is 1. The summed E-state index contributed by atoms with van der Waals surface area (Å²) in [7, 11) is 0. The molecule has 3 unspecified atom stereocenters.